The first kappa shape index (κ1) is 13.0. The van der Waals surface area contributed by atoms with E-state index < -0.39 is 0 Å². The lowest BCUT2D eigenvalue weighted by Crippen LogP contribution is -2.04. The minimum Gasteiger partial charge on any atom is -0.468 e. The fraction of sp³-hybridized carbons (Fsp3) is 0.133. The third kappa shape index (κ3) is 3.74. The molecular weight excluding hydrogens is 244 g/mol. The Morgan fingerprint density at radius 2 is 2.00 bits per heavy atom. The maximum atomic E-state index is 11.6. The molecule has 0 fully saturated rings. The van der Waals surface area contributed by atoms with Crippen molar-refractivity contribution in [3.8, 4) is 5.95 Å². The summed E-state index contributed by atoms with van der Waals surface area (Å²) in [5.41, 5.74) is 0.538. The van der Waals surface area contributed by atoms with Gasteiger partial charge in [-0.1, -0.05) is 18.2 Å². The Bertz CT molecular complexity index is 555. The van der Waals surface area contributed by atoms with Gasteiger partial charge >= 0.3 is 5.97 Å². The number of ether oxygens (including phenoxy) is 2. The average Bonchev–Trinajstić information content (AvgIpc) is 2.92. The summed E-state index contributed by atoms with van der Waals surface area (Å²) >= 11 is 0. The highest BCUT2D eigenvalue weighted by molar-refractivity contribution is 5.89. The van der Waals surface area contributed by atoms with Crippen LogP contribution < -0.4 is 4.74 Å². The lowest BCUT2D eigenvalue weighted by molar-refractivity contribution is 0.0550. The standard InChI is InChI=1S/C15H14O4/c1-17-14-10-9-13(19-14)8-5-11-18-15(16)12-6-3-2-4-7-12/h2-10H,11H2,1H3/b8-5+. The predicted molar refractivity (Wildman–Crippen MR) is 71.0 cm³/mol. The van der Waals surface area contributed by atoms with Crippen LogP contribution >= 0.6 is 0 Å². The van der Waals surface area contributed by atoms with Crippen LogP contribution in [-0.4, -0.2) is 19.7 Å². The molecule has 0 aliphatic carbocycles. The average molecular weight is 258 g/mol. The van der Waals surface area contributed by atoms with Crippen LogP contribution in [-0.2, 0) is 4.74 Å². The van der Waals surface area contributed by atoms with Gasteiger partial charge in [0.2, 0.25) is 0 Å². The molecule has 0 unspecified atom stereocenters. The number of carbonyl (C=O) groups is 1. The van der Waals surface area contributed by atoms with E-state index in [-0.39, 0.29) is 12.6 Å². The van der Waals surface area contributed by atoms with Gasteiger partial charge in [0.05, 0.1) is 12.7 Å². The van der Waals surface area contributed by atoms with Gasteiger partial charge < -0.3 is 13.9 Å². The fourth-order valence-electron chi connectivity index (χ4n) is 1.48. The van der Waals surface area contributed by atoms with Crippen LogP contribution in [0.2, 0.25) is 0 Å². The Balaban J connectivity index is 1.82. The highest BCUT2D eigenvalue weighted by Gasteiger charge is 2.04. The largest absolute Gasteiger partial charge is 0.468 e. The molecule has 0 radical (unpaired) electrons. The molecule has 1 aromatic carbocycles. The highest BCUT2D eigenvalue weighted by atomic mass is 16.6. The predicted octanol–water partition coefficient (Wildman–Crippen LogP) is 3.16. The van der Waals surface area contributed by atoms with E-state index in [4.69, 9.17) is 13.9 Å². The zero-order valence-corrected chi connectivity index (χ0v) is 10.5. The number of benzene rings is 1. The molecule has 0 aliphatic heterocycles. The third-order valence-electron chi connectivity index (χ3n) is 2.41. The highest BCUT2D eigenvalue weighted by Crippen LogP contribution is 2.16. The number of rotatable bonds is 5. The Morgan fingerprint density at radius 3 is 2.68 bits per heavy atom. The number of hydrogen-bond donors (Lipinski definition) is 0. The number of furan rings is 1. The van der Waals surface area contributed by atoms with Crippen molar-refractivity contribution in [1.82, 2.24) is 0 Å². The number of esters is 1. The van der Waals surface area contributed by atoms with Crippen LogP contribution in [0.5, 0.6) is 5.95 Å². The van der Waals surface area contributed by atoms with E-state index >= 15 is 0 Å². The first-order chi connectivity index (χ1) is 9.29. The van der Waals surface area contributed by atoms with Gasteiger partial charge in [-0.05, 0) is 30.4 Å². The zero-order chi connectivity index (χ0) is 13.5. The quantitative estimate of drug-likeness (QED) is 0.773. The Kier molecular flexibility index (Phi) is 4.39. The third-order valence-corrected chi connectivity index (χ3v) is 2.41. The van der Waals surface area contributed by atoms with Gasteiger partial charge in [0.25, 0.3) is 5.95 Å². The molecule has 1 heterocycles. The van der Waals surface area contributed by atoms with Crippen molar-refractivity contribution in [2.75, 3.05) is 13.7 Å². The molecule has 2 rings (SSSR count). The molecule has 0 saturated heterocycles. The molecule has 0 saturated carbocycles. The summed E-state index contributed by atoms with van der Waals surface area (Å²) in [6, 6.07) is 12.3. The van der Waals surface area contributed by atoms with Crippen molar-refractivity contribution < 1.29 is 18.7 Å². The number of carbonyl (C=O) groups excluding carboxylic acids is 1. The van der Waals surface area contributed by atoms with Gasteiger partial charge in [0.1, 0.15) is 12.4 Å². The number of methoxy groups -OCH3 is 1. The molecule has 4 heteroatoms. The SMILES string of the molecule is COc1ccc(/C=C/COC(=O)c2ccccc2)o1. The molecule has 0 atom stereocenters. The van der Waals surface area contributed by atoms with Crippen LogP contribution in [0, 0.1) is 0 Å². The molecule has 19 heavy (non-hydrogen) atoms. The summed E-state index contributed by atoms with van der Waals surface area (Å²) in [5.74, 6) is 0.746. The monoisotopic (exact) mass is 258 g/mol. The first-order valence-electron chi connectivity index (χ1n) is 5.82. The lowest BCUT2D eigenvalue weighted by Gasteiger charge is -2.00. The topological polar surface area (TPSA) is 48.7 Å². The van der Waals surface area contributed by atoms with Crippen molar-refractivity contribution in [3.05, 3.63) is 59.9 Å². The molecule has 2 aromatic rings. The molecular formula is C15H14O4. The smallest absolute Gasteiger partial charge is 0.338 e. The van der Waals surface area contributed by atoms with Crippen molar-refractivity contribution in [2.24, 2.45) is 0 Å². The minimum absolute atomic E-state index is 0.191. The normalized spacial score (nSPS) is 10.6. The summed E-state index contributed by atoms with van der Waals surface area (Å²) < 4.78 is 15.3. The van der Waals surface area contributed by atoms with E-state index in [0.717, 1.165) is 0 Å². The van der Waals surface area contributed by atoms with E-state index in [0.29, 0.717) is 17.3 Å². The molecule has 1 aromatic heterocycles. The van der Waals surface area contributed by atoms with Crippen LogP contribution in [0.25, 0.3) is 6.08 Å². The maximum Gasteiger partial charge on any atom is 0.338 e. The van der Waals surface area contributed by atoms with Crippen LogP contribution in [0.3, 0.4) is 0 Å². The van der Waals surface area contributed by atoms with Crippen molar-refractivity contribution in [2.45, 2.75) is 0 Å². The summed E-state index contributed by atoms with van der Waals surface area (Å²) in [7, 11) is 1.54. The van der Waals surface area contributed by atoms with Crippen LogP contribution in [0.1, 0.15) is 16.1 Å². The van der Waals surface area contributed by atoms with E-state index in [1.807, 2.05) is 6.07 Å². The van der Waals surface area contributed by atoms with Gasteiger partial charge in [-0.3, -0.25) is 0 Å². The van der Waals surface area contributed by atoms with E-state index in [1.165, 1.54) is 7.11 Å². The van der Waals surface area contributed by atoms with Gasteiger partial charge in [-0.25, -0.2) is 4.79 Å². The molecule has 0 aliphatic rings. The lowest BCUT2D eigenvalue weighted by atomic mass is 10.2. The van der Waals surface area contributed by atoms with E-state index in [1.54, 1.807) is 48.6 Å². The van der Waals surface area contributed by atoms with Crippen LogP contribution in [0.15, 0.2) is 53.0 Å². The molecule has 0 amide bonds. The maximum absolute atomic E-state index is 11.6. The van der Waals surface area contributed by atoms with E-state index in [2.05, 4.69) is 0 Å². The summed E-state index contributed by atoms with van der Waals surface area (Å²) in [6.45, 7) is 0.191. The fourth-order valence-corrected chi connectivity index (χ4v) is 1.48. The second-order valence-corrected chi connectivity index (χ2v) is 3.73. The van der Waals surface area contributed by atoms with Gasteiger partial charge in [0, 0.05) is 6.07 Å². The first-order valence-corrected chi connectivity index (χ1v) is 5.82. The summed E-state index contributed by atoms with van der Waals surface area (Å²) in [4.78, 5) is 11.6. The molecule has 98 valence electrons. The van der Waals surface area contributed by atoms with Crippen molar-refractivity contribution in [1.29, 1.82) is 0 Å². The molecule has 0 spiro atoms. The van der Waals surface area contributed by atoms with Gasteiger partial charge in [-0.2, -0.15) is 0 Å². The Hall–Kier alpha value is -2.49. The zero-order valence-electron chi connectivity index (χ0n) is 10.5. The Labute approximate surface area is 111 Å². The van der Waals surface area contributed by atoms with E-state index in [9.17, 15) is 4.79 Å². The minimum atomic E-state index is -0.345. The number of hydrogen-bond acceptors (Lipinski definition) is 4. The van der Waals surface area contributed by atoms with Crippen molar-refractivity contribution in [3.63, 3.8) is 0 Å². The second kappa shape index (κ2) is 6.44. The second-order valence-electron chi connectivity index (χ2n) is 3.73. The Morgan fingerprint density at radius 1 is 1.21 bits per heavy atom. The van der Waals surface area contributed by atoms with Crippen molar-refractivity contribution >= 4 is 12.0 Å². The summed E-state index contributed by atoms with van der Waals surface area (Å²) in [6.07, 6.45) is 3.43. The molecule has 4 nitrogen and oxygen atoms in total. The van der Waals surface area contributed by atoms with Gasteiger partial charge in [-0.15, -0.1) is 0 Å². The van der Waals surface area contributed by atoms with Gasteiger partial charge in [0.15, 0.2) is 0 Å². The van der Waals surface area contributed by atoms with Crippen LogP contribution in [0.4, 0.5) is 0 Å². The molecule has 0 N–H and O–H groups in total. The molecule has 0 bridgehead atoms. The summed E-state index contributed by atoms with van der Waals surface area (Å²) in [5, 5.41) is 0.